The summed E-state index contributed by atoms with van der Waals surface area (Å²) < 4.78 is 0. The molecule has 5 rings (SSSR count). The van der Waals surface area contributed by atoms with Crippen molar-refractivity contribution in [3.8, 4) is 0 Å². The van der Waals surface area contributed by atoms with Gasteiger partial charge in [-0.05, 0) is 23.5 Å². The fraction of sp³-hybridized carbons (Fsp3) is 0.564. The predicted octanol–water partition coefficient (Wildman–Crippen LogP) is -2.58. The predicted molar refractivity (Wildman–Crippen MR) is 217 cm³/mol. The molecule has 0 spiro atoms. The van der Waals surface area contributed by atoms with Gasteiger partial charge in [0, 0.05) is 36.0 Å². The summed E-state index contributed by atoms with van der Waals surface area (Å²) in [5, 5.41) is 30.1. The van der Waals surface area contributed by atoms with E-state index in [1.54, 1.807) is 52.0 Å². The van der Waals surface area contributed by atoms with Gasteiger partial charge < -0.3 is 57.9 Å². The van der Waals surface area contributed by atoms with Crippen LogP contribution in [-0.2, 0) is 49.6 Å². The number of H-pyrrole nitrogens is 1. The maximum absolute atomic E-state index is 14.3. The Bertz CT molecular complexity index is 2010. The number of aromatic amines is 1. The maximum Gasteiger partial charge on any atom is 0.246 e. The highest BCUT2D eigenvalue weighted by Gasteiger charge is 2.44. The van der Waals surface area contributed by atoms with Gasteiger partial charge in [-0.25, -0.2) is 0 Å². The lowest BCUT2D eigenvalue weighted by molar-refractivity contribution is -0.143. The van der Waals surface area contributed by atoms with E-state index in [9.17, 15) is 48.3 Å². The molecule has 1 unspecified atom stereocenters. The number of benzene rings is 1. The number of nitrogens with one attached hydrogen (secondary N) is 8. The molecule has 3 aliphatic heterocycles. The molecule has 21 heteroatoms. The van der Waals surface area contributed by atoms with Crippen LogP contribution in [0.5, 0.6) is 0 Å². The molecule has 1 aromatic carbocycles. The topological polar surface area (TPSA) is 303 Å². The van der Waals surface area contributed by atoms with E-state index in [1.807, 2.05) is 0 Å². The van der Waals surface area contributed by atoms with E-state index in [0.29, 0.717) is 34.3 Å². The average molecular weight is 855 g/mol. The molecule has 0 saturated carbocycles. The third kappa shape index (κ3) is 10.9. The number of fused-ring (bicyclic) bond motifs is 5. The smallest absolute Gasteiger partial charge is 0.246 e. The number of thioether (sulfide) groups is 1. The van der Waals surface area contributed by atoms with Crippen LogP contribution in [0.2, 0.25) is 0 Å². The molecular weight excluding hydrogens is 801 g/mol. The minimum absolute atomic E-state index is 0.147. The van der Waals surface area contributed by atoms with Crippen LogP contribution in [0.25, 0.3) is 10.9 Å². The highest BCUT2D eigenvalue weighted by atomic mass is 32.2. The van der Waals surface area contributed by atoms with Crippen LogP contribution < -0.4 is 43.0 Å². The molecule has 1 fully saturated rings. The van der Waals surface area contributed by atoms with E-state index in [2.05, 4.69) is 42.2 Å². The van der Waals surface area contributed by atoms with Crippen LogP contribution in [0.4, 0.5) is 0 Å². The molecule has 9 atom stereocenters. The zero-order valence-electron chi connectivity index (χ0n) is 33.9. The number of aliphatic hydroxyl groups excluding tert-OH is 1. The molecule has 326 valence electrons. The summed E-state index contributed by atoms with van der Waals surface area (Å²) >= 11 is 1.08. The first-order valence-corrected chi connectivity index (χ1v) is 21.0. The van der Waals surface area contributed by atoms with Gasteiger partial charge in [0.1, 0.15) is 36.3 Å². The van der Waals surface area contributed by atoms with Gasteiger partial charge >= 0.3 is 0 Å². The number of aromatic nitrogens is 1. The van der Waals surface area contributed by atoms with E-state index in [-0.39, 0.29) is 25.1 Å². The second-order valence-electron chi connectivity index (χ2n) is 15.5. The normalized spacial score (nSPS) is 27.8. The number of nitrogens with two attached hydrogens (primary N) is 1. The van der Waals surface area contributed by atoms with Crippen molar-refractivity contribution in [1.82, 2.24) is 47.1 Å². The Morgan fingerprint density at radius 3 is 2.10 bits per heavy atom. The summed E-state index contributed by atoms with van der Waals surface area (Å²) in [7, 11) is 0. The summed E-state index contributed by atoms with van der Waals surface area (Å²) in [6, 6.07) is -1.00. The molecule has 4 heterocycles. The Balaban J connectivity index is 1.67. The minimum atomic E-state index is -1.64. The number of nitrogens with zero attached hydrogens (tertiary/aromatic N) is 1. The Kier molecular flexibility index (Phi) is 15.2. The summed E-state index contributed by atoms with van der Waals surface area (Å²) in [5.41, 5.74) is 6.70. The average Bonchev–Trinajstić information content (AvgIpc) is 3.78. The number of aliphatic hydroxyl groups is 1. The molecule has 0 radical (unpaired) electrons. The van der Waals surface area contributed by atoms with Crippen LogP contribution in [0.15, 0.2) is 29.3 Å². The second-order valence-corrected chi connectivity index (χ2v) is 16.6. The first kappa shape index (κ1) is 45.4. The molecule has 11 N–H and O–H groups in total. The van der Waals surface area contributed by atoms with Crippen LogP contribution in [0.1, 0.15) is 58.9 Å². The Morgan fingerprint density at radius 2 is 1.43 bits per heavy atom. The summed E-state index contributed by atoms with van der Waals surface area (Å²) in [5.74, 6) is -8.46. The Labute approximate surface area is 350 Å². The van der Waals surface area contributed by atoms with Crippen molar-refractivity contribution < 1.29 is 48.3 Å². The number of carbonyl (C=O) groups excluding carboxylic acids is 9. The van der Waals surface area contributed by atoms with E-state index >= 15 is 0 Å². The standard InChI is InChI=1S/C39H54N10O10S/c1-5-18(3)31-36(57)42-14-29(52)43-26-17-60-38-22(21-9-7-8-10-23(21)46-38)12-24(33(54)41-15-30(53)47-31)44-37(58)32(19(4)6-2)48-35(56)27-11-20(50)16-49(27)39(59)25(13-28(40)51)45-34(26)55/h7-10,18-20,24-27,31-32,46,50H,5-6,11-17H2,1-4H3,(H2,40,51)(H,41,54)(H,42,57)(H,43,52)(H,44,58)(H,45,55)(H,47,53)(H,48,56)/t18-,19-,20+,24-,25-,26-,27-,31?,32-/m0/s1. The second kappa shape index (κ2) is 20.0. The van der Waals surface area contributed by atoms with Crippen molar-refractivity contribution in [1.29, 1.82) is 0 Å². The number of rotatable bonds is 6. The highest BCUT2D eigenvalue weighted by molar-refractivity contribution is 7.99. The summed E-state index contributed by atoms with van der Waals surface area (Å²) in [6.07, 6.45) is -1.43. The number of para-hydroxylation sites is 1. The lowest BCUT2D eigenvalue weighted by Gasteiger charge is -2.32. The van der Waals surface area contributed by atoms with Crippen molar-refractivity contribution in [2.45, 2.75) is 107 Å². The number of primary amides is 1. The largest absolute Gasteiger partial charge is 0.391 e. The number of hydrogen-bond donors (Lipinski definition) is 10. The van der Waals surface area contributed by atoms with Crippen molar-refractivity contribution in [3.05, 3.63) is 29.8 Å². The Hall–Kier alpha value is -5.70. The first-order valence-electron chi connectivity index (χ1n) is 20.1. The van der Waals surface area contributed by atoms with E-state index in [1.165, 1.54) is 0 Å². The minimum Gasteiger partial charge on any atom is -0.391 e. The van der Waals surface area contributed by atoms with E-state index in [0.717, 1.165) is 16.7 Å². The maximum atomic E-state index is 14.3. The van der Waals surface area contributed by atoms with Gasteiger partial charge in [-0.1, -0.05) is 58.7 Å². The lowest BCUT2D eigenvalue weighted by Crippen LogP contribution is -2.61. The first-order chi connectivity index (χ1) is 28.5. The SMILES string of the molecule is CC[C@H](C)C1NC(=O)CNC(=O)[C@@H]2Cc3c([nH]c4ccccc34)SC[C@H](NC(=O)CNC1=O)C(=O)N[C@@H](CC(N)=O)C(=O)N1C[C@H](O)C[C@H]1C(=O)N[C@@H]([C@@H](C)CC)C(=O)N2. The molecule has 0 aliphatic carbocycles. The number of hydrogen-bond acceptors (Lipinski definition) is 11. The van der Waals surface area contributed by atoms with E-state index < -0.39 is 127 Å². The zero-order chi connectivity index (χ0) is 43.8. The molecule has 9 amide bonds. The Morgan fingerprint density at radius 1 is 0.800 bits per heavy atom. The van der Waals surface area contributed by atoms with Crippen LogP contribution in [0, 0.1) is 11.8 Å². The van der Waals surface area contributed by atoms with Crippen molar-refractivity contribution in [3.63, 3.8) is 0 Å². The van der Waals surface area contributed by atoms with Gasteiger partial charge in [-0.3, -0.25) is 43.2 Å². The van der Waals surface area contributed by atoms with Crippen LogP contribution in [0.3, 0.4) is 0 Å². The van der Waals surface area contributed by atoms with Crippen molar-refractivity contribution >= 4 is 75.8 Å². The molecule has 60 heavy (non-hydrogen) atoms. The van der Waals surface area contributed by atoms with Gasteiger partial charge in [0.25, 0.3) is 0 Å². The highest BCUT2D eigenvalue weighted by Crippen LogP contribution is 2.32. The fourth-order valence-corrected chi connectivity index (χ4v) is 8.51. The number of carbonyl (C=O) groups is 9. The van der Waals surface area contributed by atoms with Crippen molar-refractivity contribution in [2.24, 2.45) is 17.6 Å². The molecule has 1 saturated heterocycles. The zero-order valence-corrected chi connectivity index (χ0v) is 34.7. The molecular formula is C39H54N10O10S. The molecule has 3 aliphatic rings. The number of amides is 9. The lowest BCUT2D eigenvalue weighted by atomic mass is 9.96. The van der Waals surface area contributed by atoms with Gasteiger partial charge in [0.05, 0.1) is 30.6 Å². The van der Waals surface area contributed by atoms with Crippen molar-refractivity contribution in [2.75, 3.05) is 25.4 Å². The summed E-state index contributed by atoms with van der Waals surface area (Å²) in [6.45, 7) is 5.48. The molecule has 20 nitrogen and oxygen atoms in total. The third-order valence-corrected chi connectivity index (χ3v) is 12.3. The van der Waals surface area contributed by atoms with Gasteiger partial charge in [-0.2, -0.15) is 0 Å². The summed E-state index contributed by atoms with van der Waals surface area (Å²) in [4.78, 5) is 128. The van der Waals surface area contributed by atoms with Gasteiger partial charge in [0.2, 0.25) is 53.2 Å². The van der Waals surface area contributed by atoms with E-state index in [4.69, 9.17) is 5.73 Å². The quantitative estimate of drug-likeness (QED) is 0.144. The van der Waals surface area contributed by atoms with Crippen LogP contribution in [-0.4, -0.2) is 136 Å². The molecule has 1 aromatic heterocycles. The van der Waals surface area contributed by atoms with Gasteiger partial charge in [-0.15, -0.1) is 11.8 Å². The molecule has 2 bridgehead atoms. The fourth-order valence-electron chi connectivity index (χ4n) is 7.40. The van der Waals surface area contributed by atoms with Crippen LogP contribution >= 0.6 is 11.8 Å². The third-order valence-electron chi connectivity index (χ3n) is 11.2. The monoisotopic (exact) mass is 854 g/mol. The molecule has 2 aromatic rings. The van der Waals surface area contributed by atoms with Gasteiger partial charge in [0.15, 0.2) is 0 Å².